The molecule has 0 spiro atoms. The van der Waals surface area contributed by atoms with Crippen molar-refractivity contribution in [3.05, 3.63) is 64.5 Å². The Hall–Kier alpha value is -3.72. The second-order valence-corrected chi connectivity index (χ2v) is 6.91. The number of nitrogens with one attached hydrogen (secondary N) is 1. The molecule has 4 rings (SSSR count). The SMILES string of the molecule is CCN(Cc1nc2cc(OC)c(OC)cc2c(=O)[nH]1)Cc1nnc(-c2ccccc2)o1. The van der Waals surface area contributed by atoms with Crippen LogP contribution in [0.25, 0.3) is 22.4 Å². The van der Waals surface area contributed by atoms with E-state index < -0.39 is 0 Å². The van der Waals surface area contributed by atoms with Crippen molar-refractivity contribution in [1.82, 2.24) is 25.1 Å². The number of aromatic amines is 1. The van der Waals surface area contributed by atoms with Crippen LogP contribution in [-0.2, 0) is 13.1 Å². The van der Waals surface area contributed by atoms with Gasteiger partial charge in [0.05, 0.1) is 38.2 Å². The van der Waals surface area contributed by atoms with Gasteiger partial charge in [0.15, 0.2) is 11.5 Å². The van der Waals surface area contributed by atoms with E-state index in [0.717, 1.165) is 5.56 Å². The molecule has 0 aliphatic rings. The highest BCUT2D eigenvalue weighted by molar-refractivity contribution is 5.81. The minimum atomic E-state index is -0.235. The van der Waals surface area contributed by atoms with Crippen LogP contribution in [0, 0.1) is 0 Å². The molecular formula is C22H23N5O4. The van der Waals surface area contributed by atoms with Crippen molar-refractivity contribution >= 4 is 10.9 Å². The average Bonchev–Trinajstić information content (AvgIpc) is 3.27. The lowest BCUT2D eigenvalue weighted by atomic mass is 10.2. The summed E-state index contributed by atoms with van der Waals surface area (Å²) in [6.07, 6.45) is 0. The van der Waals surface area contributed by atoms with Crippen LogP contribution in [0.5, 0.6) is 11.5 Å². The Morgan fingerprint density at radius 1 is 1.03 bits per heavy atom. The van der Waals surface area contributed by atoms with Gasteiger partial charge < -0.3 is 18.9 Å². The van der Waals surface area contributed by atoms with Gasteiger partial charge in [-0.1, -0.05) is 25.1 Å². The zero-order chi connectivity index (χ0) is 21.8. The van der Waals surface area contributed by atoms with Gasteiger partial charge in [-0.05, 0) is 24.7 Å². The summed E-state index contributed by atoms with van der Waals surface area (Å²) in [6, 6.07) is 12.9. The predicted octanol–water partition coefficient (Wildman–Crippen LogP) is 3.01. The van der Waals surface area contributed by atoms with Crippen LogP contribution in [0.15, 0.2) is 51.7 Å². The van der Waals surface area contributed by atoms with E-state index in [2.05, 4.69) is 20.2 Å². The third-order valence-electron chi connectivity index (χ3n) is 4.93. The lowest BCUT2D eigenvalue weighted by Crippen LogP contribution is -2.25. The fourth-order valence-electron chi connectivity index (χ4n) is 3.29. The second-order valence-electron chi connectivity index (χ2n) is 6.91. The van der Waals surface area contributed by atoms with Gasteiger partial charge in [0, 0.05) is 11.6 Å². The Morgan fingerprint density at radius 2 is 1.77 bits per heavy atom. The fraction of sp³-hybridized carbons (Fsp3) is 0.273. The molecule has 0 aliphatic carbocycles. The van der Waals surface area contributed by atoms with Crippen LogP contribution in [0.2, 0.25) is 0 Å². The number of H-pyrrole nitrogens is 1. The standard InChI is InChI=1S/C22H23N5O4/c1-4-27(13-20-25-26-22(31-20)14-8-6-5-7-9-14)12-19-23-16-11-18(30-3)17(29-2)10-15(16)21(28)24-19/h5-11H,4,12-13H2,1-3H3,(H,23,24,28). The Kier molecular flexibility index (Phi) is 5.94. The normalized spacial score (nSPS) is 11.2. The molecule has 0 saturated heterocycles. The highest BCUT2D eigenvalue weighted by Gasteiger charge is 2.15. The van der Waals surface area contributed by atoms with Gasteiger partial charge in [-0.15, -0.1) is 10.2 Å². The molecule has 4 aromatic rings. The summed E-state index contributed by atoms with van der Waals surface area (Å²) in [5, 5.41) is 8.72. The zero-order valence-corrected chi connectivity index (χ0v) is 17.6. The smallest absolute Gasteiger partial charge is 0.258 e. The Morgan fingerprint density at radius 3 is 2.48 bits per heavy atom. The van der Waals surface area contributed by atoms with E-state index in [1.54, 1.807) is 19.2 Å². The number of benzene rings is 2. The minimum Gasteiger partial charge on any atom is -0.493 e. The first kappa shape index (κ1) is 20.5. The summed E-state index contributed by atoms with van der Waals surface area (Å²) in [5.41, 5.74) is 1.17. The molecular weight excluding hydrogens is 398 g/mol. The van der Waals surface area contributed by atoms with Gasteiger partial charge in [0.2, 0.25) is 11.8 Å². The molecule has 9 heteroatoms. The summed E-state index contributed by atoms with van der Waals surface area (Å²) >= 11 is 0. The molecule has 2 aromatic heterocycles. The lowest BCUT2D eigenvalue weighted by molar-refractivity contribution is 0.238. The maximum atomic E-state index is 12.6. The second kappa shape index (κ2) is 8.97. The number of methoxy groups -OCH3 is 2. The highest BCUT2D eigenvalue weighted by Crippen LogP contribution is 2.30. The Balaban J connectivity index is 1.56. The van der Waals surface area contributed by atoms with Crippen LogP contribution >= 0.6 is 0 Å². The molecule has 0 atom stereocenters. The number of fused-ring (bicyclic) bond motifs is 1. The maximum Gasteiger partial charge on any atom is 0.258 e. The van der Waals surface area contributed by atoms with Crippen LogP contribution in [0.3, 0.4) is 0 Å². The number of ether oxygens (including phenoxy) is 2. The fourth-order valence-corrected chi connectivity index (χ4v) is 3.29. The van der Waals surface area contributed by atoms with E-state index in [9.17, 15) is 4.79 Å². The van der Waals surface area contributed by atoms with E-state index in [-0.39, 0.29) is 5.56 Å². The van der Waals surface area contributed by atoms with Gasteiger partial charge >= 0.3 is 0 Å². The van der Waals surface area contributed by atoms with Gasteiger partial charge in [-0.25, -0.2) is 4.98 Å². The number of aromatic nitrogens is 4. The molecule has 160 valence electrons. The van der Waals surface area contributed by atoms with Crippen molar-refractivity contribution in [2.75, 3.05) is 20.8 Å². The van der Waals surface area contributed by atoms with Crippen molar-refractivity contribution in [1.29, 1.82) is 0 Å². The molecule has 0 fully saturated rings. The van der Waals surface area contributed by atoms with E-state index in [0.29, 0.717) is 59.6 Å². The van der Waals surface area contributed by atoms with Crippen LogP contribution < -0.4 is 15.0 Å². The molecule has 0 unspecified atom stereocenters. The van der Waals surface area contributed by atoms with Crippen molar-refractivity contribution in [2.24, 2.45) is 0 Å². The maximum absolute atomic E-state index is 12.6. The van der Waals surface area contributed by atoms with Crippen LogP contribution in [-0.4, -0.2) is 45.8 Å². The van der Waals surface area contributed by atoms with E-state index >= 15 is 0 Å². The molecule has 2 aromatic carbocycles. The largest absolute Gasteiger partial charge is 0.493 e. The summed E-state index contributed by atoms with van der Waals surface area (Å²) in [5.74, 6) is 2.51. The van der Waals surface area contributed by atoms with E-state index in [4.69, 9.17) is 13.9 Å². The lowest BCUT2D eigenvalue weighted by Gasteiger charge is -2.17. The van der Waals surface area contributed by atoms with Gasteiger partial charge in [0.1, 0.15) is 5.82 Å². The summed E-state index contributed by atoms with van der Waals surface area (Å²) in [6.45, 7) is 3.57. The number of hydrogen-bond acceptors (Lipinski definition) is 8. The van der Waals surface area contributed by atoms with Gasteiger partial charge in [0.25, 0.3) is 5.56 Å². The molecule has 2 heterocycles. The van der Waals surface area contributed by atoms with Gasteiger partial charge in [-0.2, -0.15) is 0 Å². The summed E-state index contributed by atoms with van der Waals surface area (Å²) in [4.78, 5) is 22.1. The zero-order valence-electron chi connectivity index (χ0n) is 17.6. The average molecular weight is 421 g/mol. The molecule has 9 nitrogen and oxygen atoms in total. The molecule has 31 heavy (non-hydrogen) atoms. The van der Waals surface area contributed by atoms with Crippen molar-refractivity contribution in [3.63, 3.8) is 0 Å². The summed E-state index contributed by atoms with van der Waals surface area (Å²) < 4.78 is 16.4. The predicted molar refractivity (Wildman–Crippen MR) is 115 cm³/mol. The van der Waals surface area contributed by atoms with E-state index in [1.165, 1.54) is 7.11 Å². The number of hydrogen-bond donors (Lipinski definition) is 1. The molecule has 0 aliphatic heterocycles. The Bertz CT molecular complexity index is 1240. The Labute approximate surface area is 178 Å². The topological polar surface area (TPSA) is 106 Å². The third kappa shape index (κ3) is 4.41. The van der Waals surface area contributed by atoms with Crippen LogP contribution in [0.4, 0.5) is 0 Å². The monoisotopic (exact) mass is 421 g/mol. The molecule has 0 saturated carbocycles. The number of nitrogens with zero attached hydrogens (tertiary/aromatic N) is 4. The minimum absolute atomic E-state index is 0.235. The first-order valence-corrected chi connectivity index (χ1v) is 9.86. The first-order chi connectivity index (χ1) is 15.1. The van der Waals surface area contributed by atoms with Gasteiger partial charge in [-0.3, -0.25) is 9.69 Å². The molecule has 1 N–H and O–H groups in total. The van der Waals surface area contributed by atoms with Crippen molar-refractivity contribution in [2.45, 2.75) is 20.0 Å². The van der Waals surface area contributed by atoms with E-state index in [1.807, 2.05) is 42.2 Å². The quantitative estimate of drug-likeness (QED) is 0.463. The third-order valence-corrected chi connectivity index (χ3v) is 4.93. The van der Waals surface area contributed by atoms with Crippen LogP contribution in [0.1, 0.15) is 18.6 Å². The van der Waals surface area contributed by atoms with Crippen molar-refractivity contribution in [3.8, 4) is 23.0 Å². The summed E-state index contributed by atoms with van der Waals surface area (Å²) in [7, 11) is 3.07. The molecule has 0 radical (unpaired) electrons. The van der Waals surface area contributed by atoms with Crippen molar-refractivity contribution < 1.29 is 13.9 Å². The highest BCUT2D eigenvalue weighted by atomic mass is 16.5. The number of rotatable bonds is 8. The first-order valence-electron chi connectivity index (χ1n) is 9.86. The molecule has 0 bridgehead atoms. The molecule has 0 amide bonds.